The Morgan fingerprint density at radius 3 is 1.19 bits per heavy atom. The number of sulfone groups is 1. The van der Waals surface area contributed by atoms with Gasteiger partial charge in [0.25, 0.3) is 9.05 Å². The fourth-order valence-corrected chi connectivity index (χ4v) is 19.2. The number of nitrogens with zero attached hydrogens (tertiary/aromatic N) is 11. The second-order valence-corrected chi connectivity index (χ2v) is 38.6. The van der Waals surface area contributed by atoms with Crippen molar-refractivity contribution in [3.8, 4) is 56.3 Å². The number of carboxylic acid groups (broad SMARTS) is 1. The van der Waals surface area contributed by atoms with Crippen molar-refractivity contribution in [1.82, 2.24) is 55.0 Å². The van der Waals surface area contributed by atoms with Crippen LogP contribution >= 0.6 is 33.9 Å². The molecule has 1 amide bonds. The first-order valence-electron chi connectivity index (χ1n) is 43.8. The van der Waals surface area contributed by atoms with Crippen LogP contribution in [0.2, 0.25) is 10.0 Å². The van der Waals surface area contributed by atoms with Gasteiger partial charge >= 0.3 is 5.97 Å². The molecule has 2 atom stereocenters. The van der Waals surface area contributed by atoms with E-state index in [-0.39, 0.29) is 67.2 Å². The molecule has 0 radical (unpaired) electrons. The van der Waals surface area contributed by atoms with Crippen molar-refractivity contribution in [3.05, 3.63) is 246 Å². The van der Waals surface area contributed by atoms with Gasteiger partial charge in [0.2, 0.25) is 15.9 Å². The Labute approximate surface area is 811 Å². The number of carboxylic acids is 1. The molecule has 137 heavy (non-hydrogen) atoms. The van der Waals surface area contributed by atoms with Crippen LogP contribution in [0.25, 0.3) is 44.8 Å². The van der Waals surface area contributed by atoms with Gasteiger partial charge in [0, 0.05) is 99.0 Å². The molecular weight excluding hydrogens is 1890 g/mol. The van der Waals surface area contributed by atoms with E-state index in [1.165, 1.54) is 0 Å². The molecule has 7 aromatic carbocycles. The number of aromatic nitrogens is 9. The van der Waals surface area contributed by atoms with Gasteiger partial charge < -0.3 is 79.1 Å². The van der Waals surface area contributed by atoms with E-state index >= 15 is 0 Å². The van der Waals surface area contributed by atoms with Gasteiger partial charge in [0.1, 0.15) is 52.5 Å². The summed E-state index contributed by atoms with van der Waals surface area (Å²) in [6.07, 6.45) is 0.180. The minimum absolute atomic E-state index is 0.0377. The van der Waals surface area contributed by atoms with E-state index in [4.69, 9.17) is 113 Å². The monoisotopic (exact) mass is 2000 g/mol. The standard InChI is InChI=1S/C39H43ClN6O7S.C20H17ClN4O3.C18H27N3O5S.C12H12ClNO3S.C6H16N2O2/c1-24-7-8-29(37-25(2)45-53-26(37)3)21-35(24)54(48,49)20-6-16-51-18-19-52-17-15-41-36(47)23-33-39-44-43-27(4)46(39)34-14-13-31(50-5)22-32(34)38(42-33)28-9-11-30(40)12-10-28;1-11-23-24-20-16(10-18(26)27)22-19(12-3-5-13(21)6-4-12)15-9-14(28-2)7-8-17(15)25(11)20;1-13-4-5-16(18-14(2)21-26-15(18)3)12-17(13)27(22,23)20-7-9-25-11-10-24-8-6-19;1-7-4-5-10(6-11(7)18(13,15)16)12-8(2)14-17-9(12)3;7-1-3-9-5-6-10-4-2-8/h7-14,21-22,33H,6,15-20,23H2,1-5H3,(H,41,47);3-9,16H,10H2,1-2H3,(H,26,27);4-5,12,20H,6-11,19H2,1-3H3;4-6H,1-3H3;1-8H2/t33-;16-;;;/m00.../s1. The molecule has 7 heterocycles. The summed E-state index contributed by atoms with van der Waals surface area (Å²) in [4.78, 5) is 35.2. The Morgan fingerprint density at radius 2 is 0.803 bits per heavy atom. The van der Waals surface area contributed by atoms with Gasteiger partial charge in [-0.2, -0.15) is 0 Å². The third-order valence-electron chi connectivity index (χ3n) is 21.4. The van der Waals surface area contributed by atoms with E-state index < -0.39 is 47.0 Å². The van der Waals surface area contributed by atoms with E-state index in [2.05, 4.69) is 45.9 Å². The van der Waals surface area contributed by atoms with Crippen molar-refractivity contribution in [3.63, 3.8) is 0 Å². The predicted octanol–water partition coefficient (Wildman–Crippen LogP) is 13.4. The Bertz CT molecular complexity index is 6460. The Hall–Kier alpha value is -11.4. The number of benzene rings is 7. The van der Waals surface area contributed by atoms with Gasteiger partial charge in [-0.15, -0.1) is 20.4 Å². The second-order valence-electron chi connectivity index (χ2n) is 31.4. The van der Waals surface area contributed by atoms with Gasteiger partial charge in [0.05, 0.1) is 160 Å². The van der Waals surface area contributed by atoms with Crippen LogP contribution in [0.4, 0.5) is 0 Å². The average molecular weight is 2000 g/mol. The molecule has 2 aliphatic rings. The fraction of sp³-hybridized carbons (Fsp3) is 0.379. The highest BCUT2D eigenvalue weighted by molar-refractivity contribution is 8.13. The number of carbonyl (C=O) groups is 2. The minimum Gasteiger partial charge on any atom is -0.497 e. The lowest BCUT2D eigenvalue weighted by Gasteiger charge is -2.14. The molecule has 0 saturated carbocycles. The lowest BCUT2D eigenvalue weighted by atomic mass is 10.00. The van der Waals surface area contributed by atoms with E-state index in [0.29, 0.717) is 192 Å². The van der Waals surface area contributed by atoms with Gasteiger partial charge in [-0.25, -0.2) is 30.0 Å². The van der Waals surface area contributed by atoms with Crippen molar-refractivity contribution in [2.24, 2.45) is 27.2 Å². The molecule has 36 nitrogen and oxygen atoms in total. The number of halogens is 3. The number of fused-ring (bicyclic) bond motifs is 6. The summed E-state index contributed by atoms with van der Waals surface area (Å²) in [5.74, 6) is 4.43. The zero-order chi connectivity index (χ0) is 99.3. The smallest absolute Gasteiger partial charge is 0.306 e. The minimum atomic E-state index is -3.75. The van der Waals surface area contributed by atoms with Crippen LogP contribution in [-0.4, -0.2) is 231 Å². The summed E-state index contributed by atoms with van der Waals surface area (Å²) in [5.41, 5.74) is 30.7. The van der Waals surface area contributed by atoms with E-state index in [9.17, 15) is 39.9 Å². The van der Waals surface area contributed by atoms with Crippen molar-refractivity contribution < 1.29 is 91.4 Å². The summed E-state index contributed by atoms with van der Waals surface area (Å²) in [6.45, 7) is 27.0. The number of hydrogen-bond acceptors (Lipinski definition) is 31. The van der Waals surface area contributed by atoms with Crippen LogP contribution in [0.15, 0.2) is 178 Å². The maximum Gasteiger partial charge on any atom is 0.306 e. The Morgan fingerprint density at radius 1 is 0.438 bits per heavy atom. The number of sulfonamides is 1. The van der Waals surface area contributed by atoms with Crippen LogP contribution in [0, 0.1) is 76.2 Å². The fourth-order valence-electron chi connectivity index (χ4n) is 14.9. The lowest BCUT2D eigenvalue weighted by Crippen LogP contribution is -2.29. The number of aliphatic carboxylic acids is 1. The van der Waals surface area contributed by atoms with E-state index in [0.717, 1.165) is 72.7 Å². The number of ether oxygens (including phenoxy) is 8. The predicted molar refractivity (Wildman–Crippen MR) is 520 cm³/mol. The van der Waals surface area contributed by atoms with Crippen LogP contribution in [0.3, 0.4) is 0 Å². The number of carbonyl (C=O) groups excluding carboxylic acids is 1. The molecule has 734 valence electrons. The third kappa shape index (κ3) is 29.4. The zero-order valence-electron chi connectivity index (χ0n) is 78.5. The molecule has 0 saturated heterocycles. The summed E-state index contributed by atoms with van der Waals surface area (Å²) in [6, 6.07) is 40.5. The van der Waals surface area contributed by atoms with Gasteiger partial charge in [-0.05, 0) is 195 Å². The molecule has 0 aliphatic carbocycles. The number of hydrogen-bond donors (Lipinski definition) is 6. The van der Waals surface area contributed by atoms with E-state index in [1.807, 2.05) is 116 Å². The number of aliphatic imine (C=N–C) groups is 2. The maximum absolute atomic E-state index is 13.2. The first-order valence-corrected chi connectivity index (χ1v) is 50.0. The van der Waals surface area contributed by atoms with E-state index in [1.54, 1.807) is 123 Å². The molecular formula is C95H115Cl3N16O20S3. The Balaban J connectivity index is 0.000000196. The molecule has 2 aliphatic heterocycles. The van der Waals surface area contributed by atoms with Crippen molar-refractivity contribution >= 4 is 86.1 Å². The molecule has 0 bridgehead atoms. The molecule has 42 heteroatoms. The number of nitrogens with one attached hydrogen (secondary N) is 2. The molecule has 14 rings (SSSR count). The highest BCUT2D eigenvalue weighted by Crippen LogP contribution is 2.40. The number of amides is 1. The number of aryl methyl sites for hydroxylation is 11. The quantitative estimate of drug-likeness (QED) is 0.0153. The molecule has 5 aromatic heterocycles. The van der Waals surface area contributed by atoms with Crippen LogP contribution < -0.4 is 36.7 Å². The summed E-state index contributed by atoms with van der Waals surface area (Å²) in [5, 5.41) is 42.4. The molecule has 9 N–H and O–H groups in total. The van der Waals surface area contributed by atoms with Crippen molar-refractivity contribution in [1.29, 1.82) is 0 Å². The normalized spacial score (nSPS) is 13.2. The van der Waals surface area contributed by atoms with Crippen molar-refractivity contribution in [2.45, 2.75) is 122 Å². The topological polar surface area (TPSA) is 497 Å². The summed E-state index contributed by atoms with van der Waals surface area (Å²) < 4.78 is 139. The number of methoxy groups -OCH3 is 2. The average Bonchev–Trinajstić information content (AvgIpc) is 1.63. The largest absolute Gasteiger partial charge is 0.497 e. The zero-order valence-corrected chi connectivity index (χ0v) is 83.2. The van der Waals surface area contributed by atoms with Gasteiger partial charge in [0.15, 0.2) is 21.5 Å². The van der Waals surface area contributed by atoms with Gasteiger partial charge in [-0.1, -0.05) is 99.3 Å². The highest BCUT2D eigenvalue weighted by Gasteiger charge is 2.34. The molecule has 0 unspecified atom stereocenters. The molecule has 0 fully saturated rings. The third-order valence-corrected chi connectivity index (χ3v) is 26.9. The summed E-state index contributed by atoms with van der Waals surface area (Å²) in [7, 11) is -2.33. The Kier molecular flexibility index (Phi) is 40.4. The van der Waals surface area contributed by atoms with Crippen LogP contribution in [0.5, 0.6) is 11.5 Å². The van der Waals surface area contributed by atoms with Crippen molar-refractivity contribution in [2.75, 3.05) is 132 Å². The number of rotatable bonds is 40. The van der Waals surface area contributed by atoms with Gasteiger partial charge in [-0.3, -0.25) is 28.7 Å². The molecule has 0 spiro atoms. The SMILES string of the molecule is COc1ccc2c(c1)C(c1ccc(Cl)cc1)=N[C@@H](CC(=O)NCCOCCOCCCS(=O)(=O)c1cc(-c3c(C)noc3C)ccc1C)c1nnc(C)n1-2.COc1ccc2c(c1)C(c1ccc(Cl)cc1)=N[C@@H](CC(=O)O)c1nnc(C)n1-2.Cc1ccc(-c2c(C)noc2C)cc1S(=O)(=O)Cl.Cc1ccc(-c2c(C)noc2C)cc1S(=O)(=O)NCCOCCOCCN.NCCOCCOCCN. The first kappa shape index (κ1) is 108. The second kappa shape index (κ2) is 51.4. The molecule has 12 aromatic rings. The summed E-state index contributed by atoms with van der Waals surface area (Å²) >= 11 is 12.2. The highest BCUT2D eigenvalue weighted by atomic mass is 35.7. The van der Waals surface area contributed by atoms with Crippen LogP contribution in [0.1, 0.15) is 128 Å². The maximum atomic E-state index is 13.2. The van der Waals surface area contributed by atoms with Crippen LogP contribution in [-0.2, 0) is 66.9 Å². The number of nitrogens with two attached hydrogens (primary N) is 3. The first-order chi connectivity index (χ1) is 65.5. The lowest BCUT2D eigenvalue weighted by molar-refractivity contribution is -0.137.